The molecule has 1 heterocycles. The second kappa shape index (κ2) is 9.09. The fraction of sp³-hybridized carbons (Fsp3) is 0.474. The summed E-state index contributed by atoms with van der Waals surface area (Å²) in [5, 5.41) is 4.33. The number of ether oxygens (including phenoxy) is 1. The Hall–Kier alpha value is -1.99. The van der Waals surface area contributed by atoms with Crippen LogP contribution in [0, 0.1) is 6.92 Å². The summed E-state index contributed by atoms with van der Waals surface area (Å²) in [5.41, 5.74) is 0.805. The highest BCUT2D eigenvalue weighted by Gasteiger charge is 2.20. The average Bonchev–Trinajstić information content (AvgIpc) is 2.66. The van der Waals surface area contributed by atoms with Crippen LogP contribution in [0.3, 0.4) is 0 Å². The Balaban J connectivity index is 1.69. The number of aromatic nitrogens is 2. The lowest BCUT2D eigenvalue weighted by Gasteiger charge is -2.23. The topological polar surface area (TPSA) is 76.1 Å². The van der Waals surface area contributed by atoms with E-state index in [0.717, 1.165) is 23.6 Å². The van der Waals surface area contributed by atoms with Crippen molar-refractivity contribution in [2.24, 2.45) is 0 Å². The fourth-order valence-electron chi connectivity index (χ4n) is 3.09. The van der Waals surface area contributed by atoms with Crippen molar-refractivity contribution in [2.45, 2.75) is 56.0 Å². The van der Waals surface area contributed by atoms with Crippen LogP contribution < -0.4 is 16.6 Å². The summed E-state index contributed by atoms with van der Waals surface area (Å²) in [6, 6.07) is 9.73. The number of hydrogen-bond donors (Lipinski definition) is 2. The number of anilines is 1. The van der Waals surface area contributed by atoms with Crippen LogP contribution in [-0.4, -0.2) is 21.5 Å². The predicted molar refractivity (Wildman–Crippen MR) is 105 cm³/mol. The molecule has 1 aliphatic carbocycles. The van der Waals surface area contributed by atoms with Gasteiger partial charge in [0.2, 0.25) is 0 Å². The van der Waals surface area contributed by atoms with Crippen LogP contribution in [0.4, 0.5) is 5.69 Å². The van der Waals surface area contributed by atoms with Gasteiger partial charge in [-0.25, -0.2) is 4.79 Å². The number of aromatic amines is 1. The summed E-state index contributed by atoms with van der Waals surface area (Å²) in [5.74, 6) is 0. The first-order chi connectivity index (χ1) is 12.6. The zero-order chi connectivity index (χ0) is 18.4. The molecule has 1 fully saturated rings. The minimum atomic E-state index is -0.418. The first-order valence-electron chi connectivity index (χ1n) is 9.02. The standard InChI is InChI=1S/C19H25N3O3S/c1-14-17(23)21-19(24)22(18(14)26-16-10-6-3-7-11-16)13-25-12-20-15-8-4-2-5-9-15/h2,4-5,8-9,16,20H,3,6-7,10-13H2,1H3,(H,21,23,24). The zero-order valence-electron chi connectivity index (χ0n) is 15.0. The van der Waals surface area contributed by atoms with E-state index in [2.05, 4.69) is 10.3 Å². The van der Waals surface area contributed by atoms with Crippen LogP contribution in [0.2, 0.25) is 0 Å². The fourth-order valence-corrected chi connectivity index (χ4v) is 4.50. The normalized spacial score (nSPS) is 15.1. The number of thioether (sulfide) groups is 1. The summed E-state index contributed by atoms with van der Waals surface area (Å²) in [7, 11) is 0. The Labute approximate surface area is 157 Å². The van der Waals surface area contributed by atoms with Gasteiger partial charge in [0.05, 0.1) is 5.03 Å². The molecule has 1 aliphatic rings. The Morgan fingerprint density at radius 1 is 1.19 bits per heavy atom. The Kier molecular flexibility index (Phi) is 6.57. The molecular weight excluding hydrogens is 350 g/mol. The number of nitrogens with zero attached hydrogens (tertiary/aromatic N) is 1. The molecule has 0 saturated heterocycles. The van der Waals surface area contributed by atoms with Crippen molar-refractivity contribution >= 4 is 17.4 Å². The lowest BCUT2D eigenvalue weighted by atomic mass is 10.0. The number of H-pyrrole nitrogens is 1. The molecular formula is C19H25N3O3S. The van der Waals surface area contributed by atoms with Gasteiger partial charge in [-0.05, 0) is 31.9 Å². The van der Waals surface area contributed by atoms with E-state index in [9.17, 15) is 9.59 Å². The molecule has 0 aliphatic heterocycles. The lowest BCUT2D eigenvalue weighted by Crippen LogP contribution is -2.34. The summed E-state index contributed by atoms with van der Waals surface area (Å²) in [4.78, 5) is 26.7. The van der Waals surface area contributed by atoms with Gasteiger partial charge in [-0.2, -0.15) is 0 Å². The second-order valence-corrected chi connectivity index (χ2v) is 7.80. The van der Waals surface area contributed by atoms with Gasteiger partial charge in [0.25, 0.3) is 5.56 Å². The van der Waals surface area contributed by atoms with Crippen LogP contribution in [0.25, 0.3) is 0 Å². The third-order valence-corrected chi connectivity index (χ3v) is 6.13. The van der Waals surface area contributed by atoms with Gasteiger partial charge in [-0.15, -0.1) is 11.8 Å². The van der Waals surface area contributed by atoms with E-state index in [1.807, 2.05) is 30.3 Å². The number of nitrogens with one attached hydrogen (secondary N) is 2. The van der Waals surface area contributed by atoms with Crippen molar-refractivity contribution < 1.29 is 4.74 Å². The van der Waals surface area contributed by atoms with E-state index in [-0.39, 0.29) is 19.0 Å². The highest BCUT2D eigenvalue weighted by Crippen LogP contribution is 2.33. The van der Waals surface area contributed by atoms with E-state index in [1.54, 1.807) is 18.7 Å². The third kappa shape index (κ3) is 4.80. The van der Waals surface area contributed by atoms with Crippen molar-refractivity contribution in [3.05, 3.63) is 56.7 Å². The molecule has 0 unspecified atom stereocenters. The first-order valence-corrected chi connectivity index (χ1v) is 9.90. The molecule has 3 rings (SSSR count). The van der Waals surface area contributed by atoms with Gasteiger partial charge in [0, 0.05) is 16.5 Å². The Bertz CT molecular complexity index is 826. The maximum atomic E-state index is 12.3. The van der Waals surface area contributed by atoms with Gasteiger partial charge >= 0.3 is 5.69 Å². The van der Waals surface area contributed by atoms with Crippen LogP contribution in [0.5, 0.6) is 0 Å². The molecule has 1 aromatic heterocycles. The Morgan fingerprint density at radius 2 is 1.92 bits per heavy atom. The number of hydrogen-bond acceptors (Lipinski definition) is 5. The molecule has 0 atom stereocenters. The minimum Gasteiger partial charge on any atom is -0.363 e. The van der Waals surface area contributed by atoms with Crippen molar-refractivity contribution in [3.63, 3.8) is 0 Å². The molecule has 0 amide bonds. The quantitative estimate of drug-likeness (QED) is 0.441. The van der Waals surface area contributed by atoms with Gasteiger partial charge < -0.3 is 10.1 Å². The molecule has 0 radical (unpaired) electrons. The van der Waals surface area contributed by atoms with Gasteiger partial charge in [-0.3, -0.25) is 14.3 Å². The third-order valence-electron chi connectivity index (χ3n) is 4.58. The molecule has 2 aromatic rings. The summed E-state index contributed by atoms with van der Waals surface area (Å²) in [6.45, 7) is 2.15. The summed E-state index contributed by atoms with van der Waals surface area (Å²) >= 11 is 1.64. The molecule has 0 bridgehead atoms. The maximum Gasteiger partial charge on any atom is 0.331 e. The van der Waals surface area contributed by atoms with Crippen molar-refractivity contribution in [1.82, 2.24) is 9.55 Å². The minimum absolute atomic E-state index is 0.103. The average molecular weight is 375 g/mol. The van der Waals surface area contributed by atoms with E-state index >= 15 is 0 Å². The van der Waals surface area contributed by atoms with Crippen molar-refractivity contribution in [2.75, 3.05) is 12.0 Å². The van der Waals surface area contributed by atoms with E-state index < -0.39 is 5.69 Å². The Morgan fingerprint density at radius 3 is 2.65 bits per heavy atom. The van der Waals surface area contributed by atoms with Crippen LogP contribution in [-0.2, 0) is 11.5 Å². The van der Waals surface area contributed by atoms with Crippen molar-refractivity contribution in [1.29, 1.82) is 0 Å². The smallest absolute Gasteiger partial charge is 0.331 e. The monoisotopic (exact) mass is 375 g/mol. The van der Waals surface area contributed by atoms with Crippen LogP contribution in [0.15, 0.2) is 44.9 Å². The van der Waals surface area contributed by atoms with Crippen molar-refractivity contribution in [3.8, 4) is 0 Å². The van der Waals surface area contributed by atoms with Gasteiger partial charge in [-0.1, -0.05) is 37.5 Å². The SMILES string of the molecule is Cc1c(SC2CCCCC2)n(COCNc2ccccc2)c(=O)[nH]c1=O. The molecule has 2 N–H and O–H groups in total. The molecule has 6 nitrogen and oxygen atoms in total. The van der Waals surface area contributed by atoms with Crippen LogP contribution >= 0.6 is 11.8 Å². The number of rotatable bonds is 7. The largest absolute Gasteiger partial charge is 0.363 e. The van der Waals surface area contributed by atoms with Crippen LogP contribution in [0.1, 0.15) is 37.7 Å². The first kappa shape index (κ1) is 18.8. The number of para-hydroxylation sites is 1. The van der Waals surface area contributed by atoms with E-state index in [4.69, 9.17) is 4.74 Å². The highest BCUT2D eigenvalue weighted by molar-refractivity contribution is 7.99. The molecule has 1 aromatic carbocycles. The van der Waals surface area contributed by atoms with E-state index in [0.29, 0.717) is 10.8 Å². The highest BCUT2D eigenvalue weighted by atomic mass is 32.2. The van der Waals surface area contributed by atoms with Gasteiger partial charge in [0.15, 0.2) is 0 Å². The number of benzene rings is 1. The zero-order valence-corrected chi connectivity index (χ0v) is 15.8. The molecule has 0 spiro atoms. The maximum absolute atomic E-state index is 12.3. The molecule has 1 saturated carbocycles. The molecule has 7 heteroatoms. The lowest BCUT2D eigenvalue weighted by molar-refractivity contribution is 0.0817. The summed E-state index contributed by atoms with van der Waals surface area (Å²) in [6.07, 6.45) is 5.94. The van der Waals surface area contributed by atoms with Gasteiger partial charge in [0.1, 0.15) is 13.5 Å². The second-order valence-electron chi connectivity index (χ2n) is 6.52. The molecule has 26 heavy (non-hydrogen) atoms. The summed E-state index contributed by atoms with van der Waals surface area (Å²) < 4.78 is 7.18. The predicted octanol–water partition coefficient (Wildman–Crippen LogP) is 3.31. The molecule has 140 valence electrons. The van der Waals surface area contributed by atoms with E-state index in [1.165, 1.54) is 23.8 Å².